The third-order valence-electron chi connectivity index (χ3n) is 2.08. The number of carbonyl (C=O) groups is 1. The first-order valence-electron chi connectivity index (χ1n) is 4.82. The van der Waals surface area contributed by atoms with Crippen LogP contribution in [0.4, 0.5) is 0 Å². The van der Waals surface area contributed by atoms with Gasteiger partial charge in [-0.15, -0.1) is 22.7 Å². The van der Waals surface area contributed by atoms with Crippen LogP contribution in [0.2, 0.25) is 0 Å². The molecule has 0 aromatic carbocycles. The highest BCUT2D eigenvalue weighted by molar-refractivity contribution is 7.21. The summed E-state index contributed by atoms with van der Waals surface area (Å²) in [5, 5.41) is 2.73. The van der Waals surface area contributed by atoms with Gasteiger partial charge in [0.1, 0.15) is 10.7 Å². The number of thiophene rings is 1. The first-order chi connectivity index (χ1) is 7.58. The maximum absolute atomic E-state index is 11.7. The number of thiazole rings is 1. The molecule has 0 atom stereocenters. The molecule has 0 aliphatic rings. The lowest BCUT2D eigenvalue weighted by Crippen LogP contribution is -2.21. The van der Waals surface area contributed by atoms with Crippen molar-refractivity contribution in [1.29, 1.82) is 0 Å². The van der Waals surface area contributed by atoms with Gasteiger partial charge in [0.2, 0.25) is 0 Å². The van der Waals surface area contributed by atoms with E-state index in [1.54, 1.807) is 30.3 Å². The highest BCUT2D eigenvalue weighted by Crippen LogP contribution is 2.30. The van der Waals surface area contributed by atoms with Crippen molar-refractivity contribution in [3.63, 3.8) is 0 Å². The molecule has 0 N–H and O–H groups in total. The fourth-order valence-electron chi connectivity index (χ4n) is 1.26. The van der Waals surface area contributed by atoms with E-state index < -0.39 is 0 Å². The highest BCUT2D eigenvalue weighted by atomic mass is 32.1. The van der Waals surface area contributed by atoms with E-state index in [1.807, 2.05) is 11.4 Å². The topological polar surface area (TPSA) is 33.2 Å². The summed E-state index contributed by atoms with van der Waals surface area (Å²) >= 11 is 3.21. The average Bonchev–Trinajstić information content (AvgIpc) is 2.84. The molecule has 2 aromatic heterocycles. The smallest absolute Gasteiger partial charge is 0.272 e. The molecule has 16 heavy (non-hydrogen) atoms. The first kappa shape index (κ1) is 11.3. The van der Waals surface area contributed by atoms with E-state index in [1.165, 1.54) is 16.2 Å². The number of aromatic nitrogens is 1. The molecule has 1 amide bonds. The van der Waals surface area contributed by atoms with Crippen LogP contribution in [-0.4, -0.2) is 29.9 Å². The molecule has 0 saturated heterocycles. The molecule has 0 aliphatic carbocycles. The van der Waals surface area contributed by atoms with Crippen molar-refractivity contribution in [2.75, 3.05) is 14.1 Å². The Morgan fingerprint density at radius 3 is 2.69 bits per heavy atom. The van der Waals surface area contributed by atoms with Gasteiger partial charge in [-0.1, -0.05) is 0 Å². The summed E-state index contributed by atoms with van der Waals surface area (Å²) in [6, 6.07) is 4.11. The third kappa shape index (κ3) is 2.15. The Hall–Kier alpha value is -1.20. The van der Waals surface area contributed by atoms with E-state index in [-0.39, 0.29) is 5.91 Å². The number of aryl methyl sites for hydroxylation is 1. The number of hydrogen-bond acceptors (Lipinski definition) is 4. The van der Waals surface area contributed by atoms with E-state index in [0.717, 1.165) is 9.88 Å². The van der Waals surface area contributed by atoms with Crippen LogP contribution in [0.25, 0.3) is 9.88 Å². The van der Waals surface area contributed by atoms with Crippen LogP contribution >= 0.6 is 22.7 Å². The lowest BCUT2D eigenvalue weighted by Gasteiger charge is -2.06. The van der Waals surface area contributed by atoms with Gasteiger partial charge in [-0.25, -0.2) is 4.98 Å². The van der Waals surface area contributed by atoms with Gasteiger partial charge in [-0.3, -0.25) is 4.79 Å². The number of carbonyl (C=O) groups excluding carboxylic acids is 1. The van der Waals surface area contributed by atoms with Crippen LogP contribution in [0.3, 0.4) is 0 Å². The van der Waals surface area contributed by atoms with Crippen LogP contribution < -0.4 is 0 Å². The molecular formula is C11H12N2OS2. The number of nitrogens with zero attached hydrogens (tertiary/aromatic N) is 2. The lowest BCUT2D eigenvalue weighted by molar-refractivity contribution is 0.0823. The molecule has 2 rings (SSSR count). The van der Waals surface area contributed by atoms with E-state index in [0.29, 0.717) is 5.69 Å². The molecule has 0 radical (unpaired) electrons. The zero-order chi connectivity index (χ0) is 11.7. The molecule has 0 saturated carbocycles. The van der Waals surface area contributed by atoms with Crippen molar-refractivity contribution in [1.82, 2.24) is 9.88 Å². The zero-order valence-electron chi connectivity index (χ0n) is 9.35. The third-order valence-corrected chi connectivity index (χ3v) is 4.09. The fourth-order valence-corrected chi connectivity index (χ4v) is 3.00. The van der Waals surface area contributed by atoms with Gasteiger partial charge in [0.05, 0.1) is 4.88 Å². The SMILES string of the molecule is Cc1ccc(-c2nc(C(=O)N(C)C)cs2)s1. The predicted octanol–water partition coefficient (Wildman–Crippen LogP) is 2.88. The van der Waals surface area contributed by atoms with Gasteiger partial charge >= 0.3 is 0 Å². The number of amides is 1. The van der Waals surface area contributed by atoms with Crippen LogP contribution in [0, 0.1) is 6.92 Å². The Balaban J connectivity index is 2.29. The monoisotopic (exact) mass is 252 g/mol. The Bertz CT molecular complexity index is 514. The van der Waals surface area contributed by atoms with E-state index in [2.05, 4.69) is 18.0 Å². The molecule has 0 unspecified atom stereocenters. The summed E-state index contributed by atoms with van der Waals surface area (Å²) in [4.78, 5) is 19.9. The van der Waals surface area contributed by atoms with Gasteiger partial charge < -0.3 is 4.90 Å². The van der Waals surface area contributed by atoms with Gasteiger partial charge in [0, 0.05) is 24.4 Å². The first-order valence-corrected chi connectivity index (χ1v) is 6.51. The van der Waals surface area contributed by atoms with Gasteiger partial charge in [-0.2, -0.15) is 0 Å². The fraction of sp³-hybridized carbons (Fsp3) is 0.273. The predicted molar refractivity (Wildman–Crippen MR) is 68.2 cm³/mol. The van der Waals surface area contributed by atoms with E-state index in [4.69, 9.17) is 0 Å². The zero-order valence-corrected chi connectivity index (χ0v) is 11.0. The molecule has 0 spiro atoms. The summed E-state index contributed by atoms with van der Waals surface area (Å²) in [6.45, 7) is 2.06. The maximum Gasteiger partial charge on any atom is 0.272 e. The summed E-state index contributed by atoms with van der Waals surface area (Å²) in [6.07, 6.45) is 0. The van der Waals surface area contributed by atoms with Crippen molar-refractivity contribution >= 4 is 28.6 Å². The quantitative estimate of drug-likeness (QED) is 0.823. The summed E-state index contributed by atoms with van der Waals surface area (Å²) in [5.41, 5.74) is 0.524. The van der Waals surface area contributed by atoms with Crippen molar-refractivity contribution < 1.29 is 4.79 Å². The average molecular weight is 252 g/mol. The molecule has 0 aliphatic heterocycles. The Morgan fingerprint density at radius 2 is 2.12 bits per heavy atom. The minimum atomic E-state index is -0.0456. The molecule has 0 bridgehead atoms. The Kier molecular flexibility index (Phi) is 3.07. The lowest BCUT2D eigenvalue weighted by atomic mass is 10.4. The van der Waals surface area contributed by atoms with Gasteiger partial charge in [-0.05, 0) is 19.1 Å². The van der Waals surface area contributed by atoms with Gasteiger partial charge in [0.25, 0.3) is 5.91 Å². The highest BCUT2D eigenvalue weighted by Gasteiger charge is 2.13. The Labute approximate surface area is 102 Å². The second-order valence-corrected chi connectivity index (χ2v) is 5.79. The second kappa shape index (κ2) is 4.35. The molecule has 0 fully saturated rings. The molecule has 84 valence electrons. The van der Waals surface area contributed by atoms with Crippen molar-refractivity contribution in [2.24, 2.45) is 0 Å². The minimum absolute atomic E-state index is 0.0456. The summed E-state index contributed by atoms with van der Waals surface area (Å²) in [5.74, 6) is -0.0456. The summed E-state index contributed by atoms with van der Waals surface area (Å²) < 4.78 is 0. The summed E-state index contributed by atoms with van der Waals surface area (Å²) in [7, 11) is 3.47. The van der Waals surface area contributed by atoms with Gasteiger partial charge in [0.15, 0.2) is 0 Å². The largest absolute Gasteiger partial charge is 0.343 e. The molecule has 3 nitrogen and oxygen atoms in total. The van der Waals surface area contributed by atoms with Crippen LogP contribution in [0.1, 0.15) is 15.4 Å². The Morgan fingerprint density at radius 1 is 1.38 bits per heavy atom. The second-order valence-electron chi connectivity index (χ2n) is 3.65. The standard InChI is InChI=1S/C11H12N2OS2/c1-7-4-5-9(16-7)10-12-8(6-15-10)11(14)13(2)3/h4-6H,1-3H3. The van der Waals surface area contributed by atoms with Crippen molar-refractivity contribution in [2.45, 2.75) is 6.92 Å². The number of hydrogen-bond donors (Lipinski definition) is 0. The molecular weight excluding hydrogens is 240 g/mol. The van der Waals surface area contributed by atoms with Crippen LogP contribution in [0.5, 0.6) is 0 Å². The van der Waals surface area contributed by atoms with Crippen molar-refractivity contribution in [3.8, 4) is 9.88 Å². The molecule has 2 heterocycles. The molecule has 2 aromatic rings. The van der Waals surface area contributed by atoms with Crippen molar-refractivity contribution in [3.05, 3.63) is 28.1 Å². The van der Waals surface area contributed by atoms with Crippen LogP contribution in [-0.2, 0) is 0 Å². The maximum atomic E-state index is 11.7. The normalized spacial score (nSPS) is 10.4. The number of rotatable bonds is 2. The molecule has 5 heteroatoms. The van der Waals surface area contributed by atoms with Crippen LogP contribution in [0.15, 0.2) is 17.5 Å². The minimum Gasteiger partial charge on any atom is -0.343 e. The van der Waals surface area contributed by atoms with E-state index >= 15 is 0 Å². The van der Waals surface area contributed by atoms with E-state index in [9.17, 15) is 4.79 Å².